The minimum Gasteiger partial charge on any atom is -0.438 e. The Hall–Kier alpha value is -2.54. The predicted molar refractivity (Wildman–Crippen MR) is 103 cm³/mol. The molecule has 1 amide bonds. The molecule has 0 saturated carbocycles. The highest BCUT2D eigenvalue weighted by Gasteiger charge is 2.35. The average molecular weight is 423 g/mol. The van der Waals surface area contributed by atoms with Crippen LogP contribution in [0.5, 0.6) is 0 Å². The molecule has 2 atom stereocenters. The van der Waals surface area contributed by atoms with Crippen LogP contribution in [-0.4, -0.2) is 27.7 Å². The lowest BCUT2D eigenvalue weighted by molar-refractivity contribution is -0.137. The van der Waals surface area contributed by atoms with Gasteiger partial charge < -0.3 is 9.32 Å². The van der Waals surface area contributed by atoms with Crippen molar-refractivity contribution in [2.75, 3.05) is 6.54 Å². The van der Waals surface area contributed by atoms with Crippen molar-refractivity contribution in [2.45, 2.75) is 37.4 Å². The van der Waals surface area contributed by atoms with Gasteiger partial charge in [0.05, 0.1) is 5.56 Å². The summed E-state index contributed by atoms with van der Waals surface area (Å²) in [7, 11) is 0. The minimum atomic E-state index is -4.45. The third-order valence-corrected chi connectivity index (χ3v) is 5.30. The SMILES string of the molecule is CC(Cl)C(=O)N1CCCC1c1nc2cc(-c3ccccc3C(F)(F)F)ccc2o1. The molecule has 0 radical (unpaired) electrons. The molecular formula is C21H18ClF3N2O2. The van der Waals surface area contributed by atoms with E-state index in [-0.39, 0.29) is 17.5 Å². The van der Waals surface area contributed by atoms with E-state index in [2.05, 4.69) is 4.98 Å². The summed E-state index contributed by atoms with van der Waals surface area (Å²) in [6.45, 7) is 2.19. The van der Waals surface area contributed by atoms with Gasteiger partial charge in [-0.1, -0.05) is 24.3 Å². The fraction of sp³-hybridized carbons (Fsp3) is 0.333. The Morgan fingerprint density at radius 1 is 1.28 bits per heavy atom. The summed E-state index contributed by atoms with van der Waals surface area (Å²) in [5.41, 5.74) is 0.699. The highest BCUT2D eigenvalue weighted by molar-refractivity contribution is 6.30. The summed E-state index contributed by atoms with van der Waals surface area (Å²) in [4.78, 5) is 18.5. The van der Waals surface area contributed by atoms with E-state index in [0.717, 1.165) is 12.5 Å². The molecule has 1 aliphatic heterocycles. The van der Waals surface area contributed by atoms with Gasteiger partial charge in [0.25, 0.3) is 0 Å². The molecule has 0 spiro atoms. The Balaban J connectivity index is 1.72. The van der Waals surface area contributed by atoms with E-state index in [1.165, 1.54) is 12.1 Å². The van der Waals surface area contributed by atoms with Crippen LogP contribution >= 0.6 is 11.6 Å². The van der Waals surface area contributed by atoms with Crippen LogP contribution in [0.3, 0.4) is 0 Å². The number of rotatable bonds is 3. The summed E-state index contributed by atoms with van der Waals surface area (Å²) in [5.74, 6) is 0.195. The largest absolute Gasteiger partial charge is 0.438 e. The highest BCUT2D eigenvalue weighted by Crippen LogP contribution is 2.39. The normalized spacial score (nSPS) is 18.4. The molecule has 2 heterocycles. The molecule has 1 aromatic heterocycles. The van der Waals surface area contributed by atoms with Gasteiger partial charge in [-0.25, -0.2) is 4.98 Å². The zero-order valence-corrected chi connectivity index (χ0v) is 16.3. The number of oxazole rings is 1. The first-order chi connectivity index (χ1) is 13.8. The molecule has 152 valence electrons. The second kappa shape index (κ2) is 7.37. The molecule has 8 heteroatoms. The third kappa shape index (κ3) is 3.71. The molecule has 1 saturated heterocycles. The molecule has 1 fully saturated rings. The van der Waals surface area contributed by atoms with Crippen LogP contribution in [0.25, 0.3) is 22.2 Å². The number of fused-ring (bicyclic) bond motifs is 1. The van der Waals surface area contributed by atoms with E-state index in [1.54, 1.807) is 36.1 Å². The van der Waals surface area contributed by atoms with Crippen molar-refractivity contribution in [3.63, 3.8) is 0 Å². The fourth-order valence-corrected chi connectivity index (χ4v) is 3.88. The quantitative estimate of drug-likeness (QED) is 0.501. The zero-order chi connectivity index (χ0) is 20.8. The number of hydrogen-bond donors (Lipinski definition) is 0. The smallest absolute Gasteiger partial charge is 0.417 e. The maximum Gasteiger partial charge on any atom is 0.417 e. The van der Waals surface area contributed by atoms with Gasteiger partial charge in [-0.05, 0) is 49.1 Å². The lowest BCUT2D eigenvalue weighted by Crippen LogP contribution is -2.35. The van der Waals surface area contributed by atoms with Crippen molar-refractivity contribution < 1.29 is 22.4 Å². The first-order valence-corrected chi connectivity index (χ1v) is 9.71. The number of amides is 1. The molecule has 4 rings (SSSR count). The van der Waals surface area contributed by atoms with E-state index in [1.807, 2.05) is 0 Å². The van der Waals surface area contributed by atoms with Gasteiger partial charge in [0.2, 0.25) is 11.8 Å². The minimum absolute atomic E-state index is 0.0834. The maximum atomic E-state index is 13.4. The van der Waals surface area contributed by atoms with Crippen LogP contribution in [0, 0.1) is 0 Å². The number of carbonyl (C=O) groups is 1. The number of hydrogen-bond acceptors (Lipinski definition) is 3. The zero-order valence-electron chi connectivity index (χ0n) is 15.5. The van der Waals surface area contributed by atoms with Crippen molar-refractivity contribution in [2.24, 2.45) is 0 Å². The average Bonchev–Trinajstić information content (AvgIpc) is 3.32. The highest BCUT2D eigenvalue weighted by atomic mass is 35.5. The number of halogens is 4. The molecule has 0 bridgehead atoms. The van der Waals surface area contributed by atoms with E-state index in [9.17, 15) is 18.0 Å². The van der Waals surface area contributed by atoms with Gasteiger partial charge in [-0.3, -0.25) is 4.79 Å². The second-order valence-corrected chi connectivity index (χ2v) is 7.74. The molecule has 4 nitrogen and oxygen atoms in total. The number of nitrogens with zero attached hydrogens (tertiary/aromatic N) is 2. The monoisotopic (exact) mass is 422 g/mol. The van der Waals surface area contributed by atoms with Crippen molar-refractivity contribution in [3.8, 4) is 11.1 Å². The van der Waals surface area contributed by atoms with E-state index < -0.39 is 17.1 Å². The summed E-state index contributed by atoms with van der Waals surface area (Å²) in [6.07, 6.45) is -2.95. The Morgan fingerprint density at radius 3 is 2.76 bits per heavy atom. The molecule has 0 aliphatic carbocycles. The summed E-state index contributed by atoms with van der Waals surface area (Å²) in [5, 5.41) is -0.648. The lowest BCUT2D eigenvalue weighted by Gasteiger charge is -2.23. The number of aromatic nitrogens is 1. The van der Waals surface area contributed by atoms with Crippen molar-refractivity contribution in [1.82, 2.24) is 9.88 Å². The third-order valence-electron chi connectivity index (χ3n) is 5.11. The van der Waals surface area contributed by atoms with Crippen LogP contribution in [-0.2, 0) is 11.0 Å². The first-order valence-electron chi connectivity index (χ1n) is 9.27. The molecule has 3 aromatic rings. The molecule has 0 N–H and O–H groups in total. The first kappa shape index (κ1) is 19.8. The van der Waals surface area contributed by atoms with E-state index >= 15 is 0 Å². The van der Waals surface area contributed by atoms with Crippen LogP contribution in [0.1, 0.15) is 37.3 Å². The Kier molecular flexibility index (Phi) is 5.02. The van der Waals surface area contributed by atoms with E-state index in [0.29, 0.717) is 35.5 Å². The molecule has 2 unspecified atom stereocenters. The number of carbonyl (C=O) groups excluding carboxylic acids is 1. The Morgan fingerprint density at radius 2 is 2.03 bits per heavy atom. The maximum absolute atomic E-state index is 13.4. The van der Waals surface area contributed by atoms with Crippen LogP contribution in [0.2, 0.25) is 0 Å². The number of benzene rings is 2. The Labute approximate surface area is 170 Å². The van der Waals surface area contributed by atoms with E-state index in [4.69, 9.17) is 16.0 Å². The summed E-state index contributed by atoms with van der Waals surface area (Å²) in [6, 6.07) is 9.88. The van der Waals surface area contributed by atoms with Crippen molar-refractivity contribution in [3.05, 3.63) is 53.9 Å². The standard InChI is InChI=1S/C21H18ClF3N2O2/c1-12(22)20(28)27-10-4-7-17(27)19-26-16-11-13(8-9-18(16)29-19)14-5-2-3-6-15(14)21(23,24)25/h2-3,5-6,8-9,11-12,17H,4,7,10H2,1H3. The molecule has 2 aromatic carbocycles. The van der Waals surface area contributed by atoms with Gasteiger partial charge in [0.15, 0.2) is 5.58 Å². The summed E-state index contributed by atoms with van der Waals surface area (Å²) < 4.78 is 45.9. The molecule has 1 aliphatic rings. The summed E-state index contributed by atoms with van der Waals surface area (Å²) >= 11 is 5.95. The topological polar surface area (TPSA) is 46.3 Å². The van der Waals surface area contributed by atoms with Crippen molar-refractivity contribution in [1.29, 1.82) is 0 Å². The van der Waals surface area contributed by atoms with Gasteiger partial charge in [0.1, 0.15) is 16.9 Å². The van der Waals surface area contributed by atoms with Gasteiger partial charge in [0, 0.05) is 6.54 Å². The number of alkyl halides is 4. The van der Waals surface area contributed by atoms with Gasteiger partial charge in [-0.2, -0.15) is 13.2 Å². The molecular weight excluding hydrogens is 405 g/mol. The van der Waals surface area contributed by atoms with Crippen LogP contribution in [0.4, 0.5) is 13.2 Å². The Bertz CT molecular complexity index is 1060. The second-order valence-electron chi connectivity index (χ2n) is 7.08. The fourth-order valence-electron chi connectivity index (χ4n) is 3.75. The lowest BCUT2D eigenvalue weighted by atomic mass is 9.99. The van der Waals surface area contributed by atoms with Crippen molar-refractivity contribution >= 4 is 28.6 Å². The number of likely N-dealkylation sites (tertiary alicyclic amines) is 1. The molecule has 29 heavy (non-hydrogen) atoms. The van der Waals surface area contributed by atoms with Gasteiger partial charge >= 0.3 is 6.18 Å². The van der Waals surface area contributed by atoms with Gasteiger partial charge in [-0.15, -0.1) is 11.6 Å². The van der Waals surface area contributed by atoms with Crippen LogP contribution in [0.15, 0.2) is 46.9 Å². The predicted octanol–water partition coefficient (Wildman–Crippen LogP) is 5.80. The van der Waals surface area contributed by atoms with Crippen LogP contribution < -0.4 is 0 Å².